The molecule has 0 radical (unpaired) electrons. The van der Waals surface area contributed by atoms with Crippen LogP contribution in [0, 0.1) is 16.6 Å². The van der Waals surface area contributed by atoms with Gasteiger partial charge in [0.05, 0.1) is 5.41 Å². The molecule has 33 heavy (non-hydrogen) atoms. The fraction of sp³-hybridized carbons (Fsp3) is 0.692. The van der Waals surface area contributed by atoms with Crippen LogP contribution in [0.1, 0.15) is 46.5 Å². The second-order valence-corrected chi connectivity index (χ2v) is 11.2. The standard InChI is InChI=1S/C26H39FN4O2/c1-25(2,3)23(32)31-13-10-26(11-14-31)19-22(28(4)24(26)33)9-12-29-15-17-30(18-16-29)21-7-5-20(27)6-8-21/h5-8,22H,9-19H2,1-4H3. The highest BCUT2D eigenvalue weighted by Gasteiger charge is 2.51. The molecule has 1 unspecified atom stereocenters. The van der Waals surface area contributed by atoms with Gasteiger partial charge in [0.2, 0.25) is 11.8 Å². The first-order valence-electron chi connectivity index (χ1n) is 12.4. The molecular formula is C26H39FN4O2. The predicted molar refractivity (Wildman–Crippen MR) is 129 cm³/mol. The number of carbonyl (C=O) groups excluding carboxylic acids is 2. The number of halogens is 1. The smallest absolute Gasteiger partial charge is 0.228 e. The van der Waals surface area contributed by atoms with Gasteiger partial charge >= 0.3 is 0 Å². The minimum atomic E-state index is -0.371. The lowest BCUT2D eigenvalue weighted by molar-refractivity contribution is -0.146. The second-order valence-electron chi connectivity index (χ2n) is 11.2. The van der Waals surface area contributed by atoms with E-state index in [4.69, 9.17) is 0 Å². The number of carbonyl (C=O) groups is 2. The summed E-state index contributed by atoms with van der Waals surface area (Å²) < 4.78 is 13.2. The van der Waals surface area contributed by atoms with Gasteiger partial charge in [-0.3, -0.25) is 14.5 Å². The van der Waals surface area contributed by atoms with Crippen LogP contribution in [0.15, 0.2) is 24.3 Å². The zero-order valence-corrected chi connectivity index (χ0v) is 20.6. The molecule has 4 rings (SSSR count). The van der Waals surface area contributed by atoms with Crippen molar-refractivity contribution in [2.45, 2.75) is 52.5 Å². The molecule has 1 spiro atoms. The number of hydrogen-bond donors (Lipinski definition) is 0. The zero-order chi connectivity index (χ0) is 23.8. The molecule has 3 aliphatic rings. The Morgan fingerprint density at radius 1 is 1.03 bits per heavy atom. The summed E-state index contributed by atoms with van der Waals surface area (Å²) in [6, 6.07) is 7.02. The normalized spacial score (nSPS) is 24.1. The molecule has 3 saturated heterocycles. The van der Waals surface area contributed by atoms with E-state index in [9.17, 15) is 14.0 Å². The number of piperidine rings is 1. The summed E-state index contributed by atoms with van der Waals surface area (Å²) in [5, 5.41) is 0. The van der Waals surface area contributed by atoms with Crippen molar-refractivity contribution in [3.05, 3.63) is 30.1 Å². The SMILES string of the molecule is CN1C(=O)C2(CCN(C(=O)C(C)(C)C)CC2)CC1CCN1CCN(c2ccc(F)cc2)CC1. The Balaban J connectivity index is 1.26. The van der Waals surface area contributed by atoms with E-state index in [-0.39, 0.29) is 34.5 Å². The monoisotopic (exact) mass is 458 g/mol. The number of anilines is 1. The topological polar surface area (TPSA) is 47.1 Å². The molecular weight excluding hydrogens is 419 g/mol. The predicted octanol–water partition coefficient (Wildman–Crippen LogP) is 3.22. The molecule has 3 aliphatic heterocycles. The molecule has 3 fully saturated rings. The maximum Gasteiger partial charge on any atom is 0.228 e. The van der Waals surface area contributed by atoms with E-state index in [1.165, 1.54) is 12.1 Å². The highest BCUT2D eigenvalue weighted by atomic mass is 19.1. The van der Waals surface area contributed by atoms with Crippen LogP contribution in [0.2, 0.25) is 0 Å². The third-order valence-electron chi connectivity index (χ3n) is 7.94. The second kappa shape index (κ2) is 9.24. The highest BCUT2D eigenvalue weighted by molar-refractivity contribution is 5.86. The molecule has 0 saturated carbocycles. The van der Waals surface area contributed by atoms with Crippen molar-refractivity contribution in [1.82, 2.24) is 14.7 Å². The third kappa shape index (κ3) is 5.03. The van der Waals surface area contributed by atoms with Crippen molar-refractivity contribution in [1.29, 1.82) is 0 Å². The number of hydrogen-bond acceptors (Lipinski definition) is 4. The summed E-state index contributed by atoms with van der Waals surface area (Å²) in [5.74, 6) is 0.265. The van der Waals surface area contributed by atoms with Gasteiger partial charge in [-0.05, 0) is 49.9 Å². The quantitative estimate of drug-likeness (QED) is 0.695. The van der Waals surface area contributed by atoms with E-state index in [1.807, 2.05) is 49.8 Å². The Labute approximate surface area is 197 Å². The molecule has 0 aromatic heterocycles. The van der Waals surface area contributed by atoms with Gasteiger partial charge < -0.3 is 14.7 Å². The van der Waals surface area contributed by atoms with Crippen LogP contribution in [-0.2, 0) is 9.59 Å². The molecule has 0 N–H and O–H groups in total. The molecule has 1 atom stereocenters. The maximum absolute atomic E-state index is 13.2. The van der Waals surface area contributed by atoms with Crippen LogP contribution >= 0.6 is 0 Å². The van der Waals surface area contributed by atoms with E-state index in [1.54, 1.807) is 0 Å². The molecule has 0 aliphatic carbocycles. The van der Waals surface area contributed by atoms with Gasteiger partial charge in [0.25, 0.3) is 0 Å². The van der Waals surface area contributed by atoms with Crippen LogP contribution in [0.4, 0.5) is 10.1 Å². The van der Waals surface area contributed by atoms with Crippen molar-refractivity contribution >= 4 is 17.5 Å². The largest absolute Gasteiger partial charge is 0.369 e. The van der Waals surface area contributed by atoms with Crippen LogP contribution in [0.5, 0.6) is 0 Å². The van der Waals surface area contributed by atoms with Crippen LogP contribution in [-0.4, -0.2) is 85.4 Å². The van der Waals surface area contributed by atoms with Crippen molar-refractivity contribution in [2.24, 2.45) is 10.8 Å². The van der Waals surface area contributed by atoms with Gasteiger partial charge in [0.1, 0.15) is 5.82 Å². The molecule has 182 valence electrons. The average molecular weight is 459 g/mol. The van der Waals surface area contributed by atoms with Gasteiger partial charge in [-0.2, -0.15) is 0 Å². The van der Waals surface area contributed by atoms with E-state index in [0.29, 0.717) is 13.1 Å². The Kier molecular flexibility index (Phi) is 6.72. The number of likely N-dealkylation sites (tertiary alicyclic amines) is 2. The lowest BCUT2D eigenvalue weighted by Gasteiger charge is -2.40. The molecule has 6 nitrogen and oxygen atoms in total. The number of rotatable bonds is 4. The van der Waals surface area contributed by atoms with Gasteiger partial charge in [-0.25, -0.2) is 4.39 Å². The molecule has 2 amide bonds. The number of piperazine rings is 1. The first-order chi connectivity index (χ1) is 15.6. The van der Waals surface area contributed by atoms with Gasteiger partial charge in [0, 0.05) is 70.0 Å². The van der Waals surface area contributed by atoms with Gasteiger partial charge in [-0.1, -0.05) is 20.8 Å². The fourth-order valence-electron chi connectivity index (χ4n) is 5.75. The lowest BCUT2D eigenvalue weighted by Crippen LogP contribution is -2.49. The van der Waals surface area contributed by atoms with Crippen molar-refractivity contribution < 1.29 is 14.0 Å². The summed E-state index contributed by atoms with van der Waals surface area (Å²) in [4.78, 5) is 34.6. The van der Waals surface area contributed by atoms with Gasteiger partial charge in [-0.15, -0.1) is 0 Å². The summed E-state index contributed by atoms with van der Waals surface area (Å²) >= 11 is 0. The minimum Gasteiger partial charge on any atom is -0.369 e. The Morgan fingerprint density at radius 3 is 2.21 bits per heavy atom. The average Bonchev–Trinajstić information content (AvgIpc) is 3.03. The molecule has 3 heterocycles. The van der Waals surface area contributed by atoms with E-state index in [2.05, 4.69) is 9.80 Å². The zero-order valence-electron chi connectivity index (χ0n) is 20.6. The van der Waals surface area contributed by atoms with E-state index >= 15 is 0 Å². The number of benzene rings is 1. The minimum absolute atomic E-state index is 0.187. The number of amides is 2. The summed E-state index contributed by atoms with van der Waals surface area (Å²) in [5.41, 5.74) is 0.426. The van der Waals surface area contributed by atoms with E-state index in [0.717, 1.165) is 64.1 Å². The fourth-order valence-corrected chi connectivity index (χ4v) is 5.75. The van der Waals surface area contributed by atoms with Crippen LogP contribution in [0.25, 0.3) is 0 Å². The van der Waals surface area contributed by atoms with Crippen LogP contribution in [0.3, 0.4) is 0 Å². The molecule has 1 aromatic carbocycles. The third-order valence-corrected chi connectivity index (χ3v) is 7.94. The Bertz CT molecular complexity index is 850. The van der Waals surface area contributed by atoms with E-state index < -0.39 is 0 Å². The highest BCUT2D eigenvalue weighted by Crippen LogP contribution is 2.45. The van der Waals surface area contributed by atoms with Crippen molar-refractivity contribution in [2.75, 3.05) is 57.8 Å². The summed E-state index contributed by atoms with van der Waals surface area (Å²) in [7, 11) is 1.96. The first-order valence-corrected chi connectivity index (χ1v) is 12.4. The van der Waals surface area contributed by atoms with Crippen molar-refractivity contribution in [3.8, 4) is 0 Å². The molecule has 7 heteroatoms. The van der Waals surface area contributed by atoms with Crippen molar-refractivity contribution in [3.63, 3.8) is 0 Å². The number of nitrogens with zero attached hydrogens (tertiary/aromatic N) is 4. The lowest BCUT2D eigenvalue weighted by atomic mass is 9.75. The van der Waals surface area contributed by atoms with Gasteiger partial charge in [0.15, 0.2) is 0 Å². The summed E-state index contributed by atoms with van der Waals surface area (Å²) in [6.07, 6.45) is 3.47. The molecule has 1 aromatic rings. The summed E-state index contributed by atoms with van der Waals surface area (Å²) in [6.45, 7) is 12.1. The Hall–Kier alpha value is -2.15. The first kappa shape index (κ1) is 24.0. The molecule has 0 bridgehead atoms. The van der Waals surface area contributed by atoms with Crippen LogP contribution < -0.4 is 4.90 Å². The Morgan fingerprint density at radius 2 is 1.64 bits per heavy atom. The maximum atomic E-state index is 13.2.